The van der Waals surface area contributed by atoms with Crippen LogP contribution in [0.1, 0.15) is 21.5 Å². The number of carboxylic acid groups (broad SMARTS) is 1. The first-order valence-corrected chi connectivity index (χ1v) is 10.1. The summed E-state index contributed by atoms with van der Waals surface area (Å²) in [4.78, 5) is 45.7. The second-order valence-electron chi connectivity index (χ2n) is 7.57. The molecule has 0 saturated heterocycles. The van der Waals surface area contributed by atoms with Crippen LogP contribution in [0.2, 0.25) is 0 Å². The van der Waals surface area contributed by atoms with Gasteiger partial charge < -0.3 is 16.2 Å². The van der Waals surface area contributed by atoms with E-state index in [1.54, 1.807) is 24.5 Å². The van der Waals surface area contributed by atoms with Crippen molar-refractivity contribution in [2.75, 3.05) is 5.73 Å². The minimum Gasteiger partial charge on any atom is -0.480 e. The third-order valence-electron chi connectivity index (χ3n) is 5.26. The van der Waals surface area contributed by atoms with Crippen molar-refractivity contribution in [1.82, 2.24) is 19.9 Å². The number of aliphatic carboxylic acids is 1. The summed E-state index contributed by atoms with van der Waals surface area (Å²) < 4.78 is 0.950. The summed E-state index contributed by atoms with van der Waals surface area (Å²) in [6, 6.07) is 12.5. The van der Waals surface area contributed by atoms with Crippen LogP contribution in [0.5, 0.6) is 0 Å². The van der Waals surface area contributed by atoms with Crippen molar-refractivity contribution in [3.8, 4) is 11.1 Å². The highest BCUT2D eigenvalue weighted by molar-refractivity contribution is 6.02. The van der Waals surface area contributed by atoms with E-state index in [9.17, 15) is 19.5 Å². The van der Waals surface area contributed by atoms with Crippen molar-refractivity contribution >= 4 is 28.6 Å². The predicted octanol–water partition coefficient (Wildman–Crippen LogP) is 2.36. The normalized spacial score (nSPS) is 10.8. The molecule has 0 bridgehead atoms. The van der Waals surface area contributed by atoms with Crippen LogP contribution in [-0.2, 0) is 17.9 Å². The molecule has 0 aliphatic heterocycles. The summed E-state index contributed by atoms with van der Waals surface area (Å²) in [5.74, 6) is -1.87. The molecule has 0 radical (unpaired) electrons. The molecule has 0 unspecified atom stereocenters. The number of fused-ring (bicyclic) bond motifs is 1. The van der Waals surface area contributed by atoms with Crippen molar-refractivity contribution < 1.29 is 14.7 Å². The molecule has 166 valence electrons. The minimum atomic E-state index is -1.24. The number of hydrogen-bond donors (Lipinski definition) is 3. The first-order valence-electron chi connectivity index (χ1n) is 10.1. The van der Waals surface area contributed by atoms with Crippen LogP contribution in [0.25, 0.3) is 22.2 Å². The number of hydrogen-bond acceptors (Lipinski definition) is 6. The summed E-state index contributed by atoms with van der Waals surface area (Å²) in [5.41, 5.74) is 9.07. The molecule has 0 spiro atoms. The SMILES string of the molecule is Cc1ccc(CNC(=O)c2cc3c(N)c(-c4ccncc4)cnc3n(CC(=O)O)c2=O)cc1. The maximum atomic E-state index is 13.0. The van der Waals surface area contributed by atoms with Crippen molar-refractivity contribution in [3.63, 3.8) is 0 Å². The Balaban J connectivity index is 1.81. The Hall–Kier alpha value is -4.53. The van der Waals surface area contributed by atoms with Gasteiger partial charge >= 0.3 is 5.97 Å². The number of aromatic nitrogens is 3. The van der Waals surface area contributed by atoms with E-state index >= 15 is 0 Å². The van der Waals surface area contributed by atoms with Crippen molar-refractivity contribution in [2.45, 2.75) is 20.0 Å². The van der Waals surface area contributed by atoms with Gasteiger partial charge in [-0.1, -0.05) is 29.8 Å². The van der Waals surface area contributed by atoms with Gasteiger partial charge in [-0.05, 0) is 36.2 Å². The van der Waals surface area contributed by atoms with E-state index in [4.69, 9.17) is 5.73 Å². The van der Waals surface area contributed by atoms with E-state index in [0.717, 1.165) is 21.3 Å². The fourth-order valence-electron chi connectivity index (χ4n) is 3.52. The molecule has 0 aliphatic carbocycles. The monoisotopic (exact) mass is 443 g/mol. The van der Waals surface area contributed by atoms with Crippen LogP contribution in [0.3, 0.4) is 0 Å². The fourth-order valence-corrected chi connectivity index (χ4v) is 3.52. The van der Waals surface area contributed by atoms with Gasteiger partial charge in [0.05, 0.1) is 5.69 Å². The highest BCUT2D eigenvalue weighted by atomic mass is 16.4. The van der Waals surface area contributed by atoms with Crippen molar-refractivity contribution in [2.24, 2.45) is 0 Å². The molecule has 33 heavy (non-hydrogen) atoms. The number of rotatable bonds is 6. The zero-order valence-electron chi connectivity index (χ0n) is 17.8. The van der Waals surface area contributed by atoms with E-state index < -0.39 is 24.0 Å². The Bertz CT molecular complexity index is 1410. The summed E-state index contributed by atoms with van der Waals surface area (Å²) in [6.45, 7) is 1.51. The van der Waals surface area contributed by atoms with E-state index in [-0.39, 0.29) is 23.4 Å². The van der Waals surface area contributed by atoms with Crippen molar-refractivity contribution in [3.05, 3.63) is 88.1 Å². The van der Waals surface area contributed by atoms with E-state index in [1.807, 2.05) is 31.2 Å². The first-order chi connectivity index (χ1) is 15.8. The van der Waals surface area contributed by atoms with E-state index in [1.165, 1.54) is 12.3 Å². The molecule has 1 amide bonds. The van der Waals surface area contributed by atoms with Gasteiger partial charge in [0.2, 0.25) is 0 Å². The number of amides is 1. The zero-order chi connectivity index (χ0) is 23.5. The van der Waals surface area contributed by atoms with Crippen LogP contribution in [0, 0.1) is 6.92 Å². The smallest absolute Gasteiger partial charge is 0.323 e. The Kier molecular flexibility index (Phi) is 5.86. The molecule has 4 N–H and O–H groups in total. The molecule has 3 heterocycles. The van der Waals surface area contributed by atoms with Gasteiger partial charge in [0.1, 0.15) is 17.8 Å². The van der Waals surface area contributed by atoms with E-state index in [2.05, 4.69) is 15.3 Å². The maximum absolute atomic E-state index is 13.0. The molecule has 9 nitrogen and oxygen atoms in total. The van der Waals surface area contributed by atoms with Gasteiger partial charge in [-0.15, -0.1) is 0 Å². The van der Waals surface area contributed by atoms with E-state index in [0.29, 0.717) is 10.9 Å². The summed E-state index contributed by atoms with van der Waals surface area (Å²) in [5, 5.41) is 12.4. The average molecular weight is 443 g/mol. The lowest BCUT2D eigenvalue weighted by molar-refractivity contribution is -0.137. The number of benzene rings is 1. The average Bonchev–Trinajstić information content (AvgIpc) is 2.81. The van der Waals surface area contributed by atoms with Gasteiger partial charge in [-0.2, -0.15) is 0 Å². The number of pyridine rings is 3. The van der Waals surface area contributed by atoms with Gasteiger partial charge in [-0.25, -0.2) is 4.98 Å². The highest BCUT2D eigenvalue weighted by Crippen LogP contribution is 2.30. The van der Waals surface area contributed by atoms with Gasteiger partial charge in [-0.3, -0.25) is 23.9 Å². The lowest BCUT2D eigenvalue weighted by Crippen LogP contribution is -2.34. The zero-order valence-corrected chi connectivity index (χ0v) is 17.8. The number of nitrogens with two attached hydrogens (primary N) is 1. The van der Waals surface area contributed by atoms with Crippen LogP contribution in [0.15, 0.2) is 65.8 Å². The molecule has 1 aromatic carbocycles. The van der Waals surface area contributed by atoms with Gasteiger partial charge in [0, 0.05) is 36.1 Å². The Morgan fingerprint density at radius 1 is 1.12 bits per heavy atom. The molecular formula is C24H21N5O4. The molecule has 0 saturated carbocycles. The topological polar surface area (TPSA) is 140 Å². The molecule has 9 heteroatoms. The molecule has 4 aromatic rings. The number of carbonyl (C=O) groups excluding carboxylic acids is 1. The summed E-state index contributed by atoms with van der Waals surface area (Å²) in [7, 11) is 0. The molecule has 0 atom stereocenters. The van der Waals surface area contributed by atoms with Crippen LogP contribution >= 0.6 is 0 Å². The van der Waals surface area contributed by atoms with Crippen molar-refractivity contribution in [1.29, 1.82) is 0 Å². The second-order valence-corrected chi connectivity index (χ2v) is 7.57. The molecule has 3 aromatic heterocycles. The van der Waals surface area contributed by atoms with Crippen LogP contribution in [-0.4, -0.2) is 31.5 Å². The minimum absolute atomic E-state index is 0.0905. The maximum Gasteiger partial charge on any atom is 0.323 e. The number of nitrogens with zero attached hydrogens (tertiary/aromatic N) is 3. The van der Waals surface area contributed by atoms with Crippen LogP contribution < -0.4 is 16.6 Å². The second kappa shape index (κ2) is 8.91. The lowest BCUT2D eigenvalue weighted by Gasteiger charge is -2.14. The fraction of sp³-hybridized carbons (Fsp3) is 0.125. The quantitative estimate of drug-likeness (QED) is 0.415. The number of carbonyl (C=O) groups is 2. The summed E-state index contributed by atoms with van der Waals surface area (Å²) in [6.07, 6.45) is 4.68. The lowest BCUT2D eigenvalue weighted by atomic mass is 10.0. The number of aryl methyl sites for hydroxylation is 1. The molecular weight excluding hydrogens is 422 g/mol. The third kappa shape index (κ3) is 4.42. The number of carboxylic acids is 1. The number of nitrogens with one attached hydrogen (secondary N) is 1. The third-order valence-corrected chi connectivity index (χ3v) is 5.26. The van der Waals surface area contributed by atoms with Crippen LogP contribution in [0.4, 0.5) is 5.69 Å². The number of nitrogen functional groups attached to an aromatic ring is 1. The Morgan fingerprint density at radius 3 is 2.48 bits per heavy atom. The molecule has 4 rings (SSSR count). The largest absolute Gasteiger partial charge is 0.480 e. The van der Waals surface area contributed by atoms with Gasteiger partial charge in [0.15, 0.2) is 0 Å². The van der Waals surface area contributed by atoms with Gasteiger partial charge in [0.25, 0.3) is 11.5 Å². The molecule has 0 aliphatic rings. The predicted molar refractivity (Wildman–Crippen MR) is 124 cm³/mol. The molecule has 0 fully saturated rings. The Labute approximate surface area is 188 Å². The summed E-state index contributed by atoms with van der Waals surface area (Å²) >= 11 is 0. The first kappa shape index (κ1) is 21.7. The highest BCUT2D eigenvalue weighted by Gasteiger charge is 2.20. The Morgan fingerprint density at radius 2 is 1.82 bits per heavy atom. The standard InChI is InChI=1S/C24H21N5O4/c1-14-2-4-15(5-3-14)11-28-23(32)18-10-17-21(25)19(16-6-8-26-9-7-16)12-27-22(17)29(24(18)33)13-20(30)31/h2-10,12H,11,13H2,1H3,(H2,25,27)(H,28,32)(H,30,31). The number of anilines is 1.